The summed E-state index contributed by atoms with van der Waals surface area (Å²) >= 11 is 7.91. The minimum Gasteiger partial charge on any atom is -0.390 e. The van der Waals surface area contributed by atoms with Crippen LogP contribution in [0.3, 0.4) is 0 Å². The first-order valence-electron chi connectivity index (χ1n) is 10.7. The maximum atomic E-state index is 10.0. The molecule has 0 bridgehead atoms. The van der Waals surface area contributed by atoms with E-state index in [2.05, 4.69) is 22.1 Å². The Bertz CT molecular complexity index is 917. The van der Waals surface area contributed by atoms with E-state index in [0.29, 0.717) is 21.9 Å². The van der Waals surface area contributed by atoms with Crippen molar-refractivity contribution in [3.8, 4) is 0 Å². The summed E-state index contributed by atoms with van der Waals surface area (Å²) in [5, 5.41) is 14.3. The quantitative estimate of drug-likeness (QED) is 0.673. The predicted molar refractivity (Wildman–Crippen MR) is 123 cm³/mol. The van der Waals surface area contributed by atoms with E-state index < -0.39 is 0 Å². The molecule has 0 unspecified atom stereocenters. The van der Waals surface area contributed by atoms with Crippen molar-refractivity contribution in [1.29, 1.82) is 0 Å². The van der Waals surface area contributed by atoms with Crippen LogP contribution in [0.5, 0.6) is 0 Å². The highest BCUT2D eigenvalue weighted by molar-refractivity contribution is 7.99. The fraction of sp³-hybridized carbons (Fsp3) is 0.591. The van der Waals surface area contributed by atoms with Gasteiger partial charge in [0, 0.05) is 31.2 Å². The van der Waals surface area contributed by atoms with Crippen LogP contribution in [0.4, 0.5) is 11.6 Å². The normalized spacial score (nSPS) is 20.7. The Morgan fingerprint density at radius 2 is 2.07 bits per heavy atom. The first-order valence-corrected chi connectivity index (χ1v) is 11.9. The van der Waals surface area contributed by atoms with Crippen molar-refractivity contribution in [1.82, 2.24) is 15.0 Å². The van der Waals surface area contributed by atoms with E-state index in [1.165, 1.54) is 43.9 Å². The molecular weight excluding hydrogens is 418 g/mol. The lowest BCUT2D eigenvalue weighted by atomic mass is 9.71. The lowest BCUT2D eigenvalue weighted by Gasteiger charge is -2.43. The third-order valence-corrected chi connectivity index (χ3v) is 8.58. The van der Waals surface area contributed by atoms with Crippen LogP contribution in [-0.2, 0) is 6.61 Å². The molecule has 3 heterocycles. The van der Waals surface area contributed by atoms with Gasteiger partial charge < -0.3 is 15.3 Å². The van der Waals surface area contributed by atoms with Gasteiger partial charge in [-0.1, -0.05) is 43.1 Å². The maximum Gasteiger partial charge on any atom is 0.153 e. The predicted octanol–water partition coefficient (Wildman–Crippen LogP) is 4.93. The molecule has 1 atom stereocenters. The number of aryl methyl sites for hydroxylation is 1. The second-order valence-corrected chi connectivity index (χ2v) is 9.92. The average Bonchev–Trinajstić information content (AvgIpc) is 3.10. The van der Waals surface area contributed by atoms with E-state index >= 15 is 0 Å². The number of piperidine rings is 1. The highest BCUT2D eigenvalue weighted by atomic mass is 35.5. The number of pyridine rings is 1. The smallest absolute Gasteiger partial charge is 0.153 e. The number of nitrogens with one attached hydrogen (secondary N) is 1. The molecular formula is C22H30ClN5OS. The molecule has 4 rings (SSSR count). The van der Waals surface area contributed by atoms with E-state index in [9.17, 15) is 5.11 Å². The number of aromatic nitrogens is 3. The fourth-order valence-corrected chi connectivity index (χ4v) is 6.18. The Labute approximate surface area is 187 Å². The van der Waals surface area contributed by atoms with Crippen LogP contribution in [0.25, 0.3) is 0 Å². The molecule has 0 radical (unpaired) electrons. The number of halogens is 1. The Kier molecular flexibility index (Phi) is 6.42. The van der Waals surface area contributed by atoms with Crippen LogP contribution in [0.15, 0.2) is 22.2 Å². The molecule has 2 N–H and O–H groups in total. The Morgan fingerprint density at radius 3 is 2.70 bits per heavy atom. The molecule has 1 spiro atoms. The van der Waals surface area contributed by atoms with Gasteiger partial charge in [-0.25, -0.2) is 15.0 Å². The number of aliphatic hydroxyl groups excluding tert-OH is 1. The van der Waals surface area contributed by atoms with Gasteiger partial charge in [0.2, 0.25) is 0 Å². The van der Waals surface area contributed by atoms with Crippen molar-refractivity contribution in [3.63, 3.8) is 0 Å². The second kappa shape index (κ2) is 8.89. The summed E-state index contributed by atoms with van der Waals surface area (Å²) in [5.74, 6) is 2.28. The molecule has 2 aliphatic rings. The minimum atomic E-state index is -0.125. The van der Waals surface area contributed by atoms with Gasteiger partial charge in [0.05, 0.1) is 17.3 Å². The van der Waals surface area contributed by atoms with Gasteiger partial charge in [-0.3, -0.25) is 0 Å². The van der Waals surface area contributed by atoms with Crippen LogP contribution >= 0.6 is 23.4 Å². The first-order chi connectivity index (χ1) is 14.5. The molecule has 8 heteroatoms. The average molecular weight is 448 g/mol. The number of hydrogen-bond donors (Lipinski definition) is 2. The minimum absolute atomic E-state index is 0.125. The van der Waals surface area contributed by atoms with Gasteiger partial charge in [0.1, 0.15) is 16.5 Å². The van der Waals surface area contributed by atoms with E-state index in [1.54, 1.807) is 13.2 Å². The van der Waals surface area contributed by atoms with E-state index in [-0.39, 0.29) is 6.61 Å². The van der Waals surface area contributed by atoms with Crippen molar-refractivity contribution in [2.45, 2.75) is 62.5 Å². The van der Waals surface area contributed by atoms with Gasteiger partial charge in [0.15, 0.2) is 5.82 Å². The molecule has 0 aromatic carbocycles. The summed E-state index contributed by atoms with van der Waals surface area (Å²) < 4.78 is 0. The van der Waals surface area contributed by atoms with Gasteiger partial charge in [-0.15, -0.1) is 0 Å². The molecule has 2 aromatic rings. The van der Waals surface area contributed by atoms with Crippen molar-refractivity contribution in [3.05, 3.63) is 28.7 Å². The van der Waals surface area contributed by atoms with E-state index in [4.69, 9.17) is 21.6 Å². The molecule has 1 aliphatic heterocycles. The maximum absolute atomic E-state index is 10.0. The second-order valence-electron chi connectivity index (χ2n) is 8.51. The molecule has 6 nitrogen and oxygen atoms in total. The van der Waals surface area contributed by atoms with Gasteiger partial charge in [0.25, 0.3) is 0 Å². The Hall–Kier alpha value is -1.57. The molecule has 2 fully saturated rings. The fourth-order valence-electron chi connectivity index (χ4n) is 4.98. The number of aliphatic hydroxyl groups is 1. The number of anilines is 2. The molecule has 30 heavy (non-hydrogen) atoms. The topological polar surface area (TPSA) is 74.2 Å². The van der Waals surface area contributed by atoms with Crippen molar-refractivity contribution < 1.29 is 5.11 Å². The standard InChI is InChI=1S/C22H30ClN5OS/c1-14-5-4-7-22(14)8-11-28(12-9-22)20-16(13-29)27-21(15(2)26-20)30-17-6-10-25-19(24-3)18(17)23/h6,10,14,29H,4-5,7-9,11-13H2,1-3H3,(H,24,25)/t14-/m1/s1. The molecule has 1 saturated heterocycles. The van der Waals surface area contributed by atoms with Gasteiger partial charge >= 0.3 is 0 Å². The molecule has 162 valence electrons. The van der Waals surface area contributed by atoms with E-state index in [1.807, 2.05) is 13.0 Å². The molecule has 0 amide bonds. The highest BCUT2D eigenvalue weighted by Gasteiger charge is 2.42. The van der Waals surface area contributed by atoms with Gasteiger partial charge in [-0.2, -0.15) is 0 Å². The largest absolute Gasteiger partial charge is 0.390 e. The summed E-state index contributed by atoms with van der Waals surface area (Å²) in [6.07, 6.45) is 8.21. The summed E-state index contributed by atoms with van der Waals surface area (Å²) in [5.41, 5.74) is 2.00. The zero-order valence-electron chi connectivity index (χ0n) is 17.9. The Morgan fingerprint density at radius 1 is 1.30 bits per heavy atom. The zero-order valence-corrected chi connectivity index (χ0v) is 19.5. The van der Waals surface area contributed by atoms with Crippen LogP contribution in [0.2, 0.25) is 5.02 Å². The lowest BCUT2D eigenvalue weighted by Crippen LogP contribution is -2.42. The third kappa shape index (κ3) is 3.99. The van der Waals surface area contributed by atoms with Crippen molar-refractivity contribution in [2.75, 3.05) is 30.4 Å². The number of rotatable bonds is 5. The molecule has 1 aliphatic carbocycles. The summed E-state index contributed by atoms with van der Waals surface area (Å²) in [7, 11) is 1.79. The number of hydrogen-bond acceptors (Lipinski definition) is 7. The highest BCUT2D eigenvalue weighted by Crippen LogP contribution is 2.50. The van der Waals surface area contributed by atoms with Crippen LogP contribution in [0, 0.1) is 18.3 Å². The summed E-state index contributed by atoms with van der Waals surface area (Å²) in [6.45, 7) is 6.24. The molecule has 2 aromatic heterocycles. The van der Waals surface area contributed by atoms with Crippen molar-refractivity contribution >= 4 is 35.0 Å². The summed E-state index contributed by atoms with van der Waals surface area (Å²) in [6, 6.07) is 1.87. The van der Waals surface area contributed by atoms with Gasteiger partial charge in [-0.05, 0) is 43.6 Å². The monoisotopic (exact) mass is 447 g/mol. The number of nitrogens with zero attached hydrogens (tertiary/aromatic N) is 4. The lowest BCUT2D eigenvalue weighted by molar-refractivity contribution is 0.161. The Balaban J connectivity index is 1.56. The zero-order chi connectivity index (χ0) is 21.3. The van der Waals surface area contributed by atoms with Crippen LogP contribution in [-0.4, -0.2) is 40.2 Å². The first kappa shape index (κ1) is 21.7. The van der Waals surface area contributed by atoms with Crippen molar-refractivity contribution in [2.24, 2.45) is 11.3 Å². The van der Waals surface area contributed by atoms with Crippen LogP contribution in [0.1, 0.15) is 50.4 Å². The van der Waals surface area contributed by atoms with E-state index in [0.717, 1.165) is 40.4 Å². The SMILES string of the molecule is CNc1nccc(Sc2nc(CO)c(N3CCC4(CCC[C@H]4C)CC3)nc2C)c1Cl. The third-order valence-electron chi connectivity index (χ3n) is 6.94. The van der Waals surface area contributed by atoms with Crippen LogP contribution < -0.4 is 10.2 Å². The molecule has 1 saturated carbocycles. The summed E-state index contributed by atoms with van der Waals surface area (Å²) in [4.78, 5) is 17.1.